The Morgan fingerprint density at radius 2 is 2.30 bits per heavy atom. The minimum Gasteiger partial charge on any atom is -0.394 e. The highest BCUT2D eigenvalue weighted by atomic mass is 31.1. The predicted molar refractivity (Wildman–Crippen MR) is 75.5 cm³/mol. The first-order valence-electron chi connectivity index (χ1n) is 6.65. The molecule has 3 rings (SSSR count). The second-order valence-electron chi connectivity index (χ2n) is 4.80. The summed E-state index contributed by atoms with van der Waals surface area (Å²) in [5.41, 5.74) is 0.742. The first kappa shape index (κ1) is 16.1. The summed E-state index contributed by atoms with van der Waals surface area (Å²) in [4.78, 5) is 21.0. The maximum Gasteiger partial charge on any atom is 0.695 e. The Balaban J connectivity index is 1.97. The van der Waals surface area contributed by atoms with Crippen LogP contribution in [0.2, 0.25) is 0 Å². The van der Waals surface area contributed by atoms with Crippen LogP contribution < -0.4 is 5.32 Å². The van der Waals surface area contributed by atoms with Gasteiger partial charge in [0, 0.05) is 11.6 Å². The van der Waals surface area contributed by atoms with Gasteiger partial charge in [-0.25, -0.2) is 19.3 Å². The SMILES string of the molecule is CNc1ncnc2c1ncn2[C@@H]1O[C@H](CO)[C@H](O[P+](=O)O)C1F. The summed E-state index contributed by atoms with van der Waals surface area (Å²) in [6.07, 6.45) is -2.82. The van der Waals surface area contributed by atoms with E-state index in [1.807, 2.05) is 0 Å². The summed E-state index contributed by atoms with van der Waals surface area (Å²) in [6, 6.07) is 0. The van der Waals surface area contributed by atoms with Gasteiger partial charge < -0.3 is 15.2 Å². The van der Waals surface area contributed by atoms with E-state index in [2.05, 4.69) is 24.8 Å². The number of imidazole rings is 1. The lowest BCUT2D eigenvalue weighted by Crippen LogP contribution is -2.32. The average Bonchev–Trinajstić information content (AvgIpc) is 3.09. The largest absolute Gasteiger partial charge is 0.695 e. The fourth-order valence-corrected chi connectivity index (χ4v) is 2.98. The van der Waals surface area contributed by atoms with Gasteiger partial charge >= 0.3 is 8.25 Å². The molecule has 0 bridgehead atoms. The molecule has 3 N–H and O–H groups in total. The predicted octanol–water partition coefficient (Wildman–Crippen LogP) is 0.131. The summed E-state index contributed by atoms with van der Waals surface area (Å²) < 4.78 is 36.8. The van der Waals surface area contributed by atoms with Crippen molar-refractivity contribution < 1.29 is 28.2 Å². The molecule has 0 radical (unpaired) electrons. The molecule has 0 aromatic carbocycles. The Morgan fingerprint density at radius 1 is 1.52 bits per heavy atom. The van der Waals surface area contributed by atoms with Gasteiger partial charge in [-0.15, -0.1) is 9.42 Å². The molecule has 3 heterocycles. The first-order chi connectivity index (χ1) is 11.1. The quantitative estimate of drug-likeness (QED) is 0.646. The molecule has 12 heteroatoms. The van der Waals surface area contributed by atoms with Crippen molar-refractivity contribution in [3.05, 3.63) is 12.7 Å². The number of fused-ring (bicyclic) bond motifs is 1. The Labute approximate surface area is 130 Å². The molecule has 0 saturated carbocycles. The smallest absolute Gasteiger partial charge is 0.394 e. The van der Waals surface area contributed by atoms with E-state index in [1.165, 1.54) is 17.2 Å². The molecule has 1 fully saturated rings. The first-order valence-corrected chi connectivity index (χ1v) is 7.78. The molecule has 1 aliphatic rings. The minimum atomic E-state index is -3.03. The molecule has 2 aromatic heterocycles. The van der Waals surface area contributed by atoms with Gasteiger partial charge in [0.15, 0.2) is 30.0 Å². The topological polar surface area (TPSA) is 132 Å². The Bertz CT molecular complexity index is 730. The van der Waals surface area contributed by atoms with Crippen molar-refractivity contribution in [2.45, 2.75) is 24.6 Å². The van der Waals surface area contributed by atoms with Crippen molar-refractivity contribution >= 4 is 25.2 Å². The molecule has 0 spiro atoms. The van der Waals surface area contributed by atoms with E-state index >= 15 is 0 Å². The van der Waals surface area contributed by atoms with E-state index in [9.17, 15) is 14.1 Å². The zero-order valence-electron chi connectivity index (χ0n) is 11.9. The van der Waals surface area contributed by atoms with Gasteiger partial charge in [-0.05, 0) is 0 Å². The van der Waals surface area contributed by atoms with Crippen LogP contribution in [0.25, 0.3) is 11.2 Å². The third-order valence-corrected chi connectivity index (χ3v) is 3.95. The number of halogens is 1. The van der Waals surface area contributed by atoms with Crippen LogP contribution in [-0.4, -0.2) is 61.6 Å². The number of hydrogen-bond acceptors (Lipinski definition) is 8. The molecule has 2 aromatic rings. The van der Waals surface area contributed by atoms with Crippen molar-refractivity contribution in [1.82, 2.24) is 19.5 Å². The summed E-state index contributed by atoms with van der Waals surface area (Å²) in [5.74, 6) is 0.465. The lowest BCUT2D eigenvalue weighted by atomic mass is 10.1. The van der Waals surface area contributed by atoms with Gasteiger partial charge in [-0.2, -0.15) is 0 Å². The molecule has 5 atom stereocenters. The Hall–Kier alpha value is -1.78. The number of aromatic nitrogens is 4. The Kier molecular flexibility index (Phi) is 4.46. The highest BCUT2D eigenvalue weighted by Crippen LogP contribution is 2.38. The average molecular weight is 346 g/mol. The lowest BCUT2D eigenvalue weighted by molar-refractivity contribution is -0.0436. The van der Waals surface area contributed by atoms with Gasteiger partial charge in [0.05, 0.1) is 12.9 Å². The van der Waals surface area contributed by atoms with E-state index in [0.717, 1.165) is 0 Å². The van der Waals surface area contributed by atoms with E-state index in [4.69, 9.17) is 9.63 Å². The van der Waals surface area contributed by atoms with Crippen LogP contribution in [-0.2, 0) is 13.8 Å². The van der Waals surface area contributed by atoms with Crippen molar-refractivity contribution in [1.29, 1.82) is 0 Å². The number of aliphatic hydroxyl groups excluding tert-OH is 1. The Morgan fingerprint density at radius 3 is 2.96 bits per heavy atom. The third kappa shape index (κ3) is 2.77. The molecular formula is C11H14FN5O5P+. The second-order valence-corrected chi connectivity index (χ2v) is 5.48. The summed E-state index contributed by atoms with van der Waals surface area (Å²) in [6.45, 7) is -0.561. The molecule has 1 aliphatic heterocycles. The van der Waals surface area contributed by atoms with E-state index < -0.39 is 39.5 Å². The van der Waals surface area contributed by atoms with Crippen LogP contribution in [0, 0.1) is 0 Å². The standard InChI is InChI=1S/C11H13FN5O5P/c1-13-9-7-10(15-3-14-9)17(4-16-7)11-6(12)8(22-23(19)20)5(2-18)21-11/h3-6,8,11,18H,2H2,1H3,(H-,13,14,15,19,20)/p+1/t5-,6?,8+,11-/m1/s1. The van der Waals surface area contributed by atoms with Gasteiger partial charge in [-0.1, -0.05) is 0 Å². The summed E-state index contributed by atoms with van der Waals surface area (Å²) in [5, 5.41) is 12.1. The third-order valence-electron chi connectivity index (χ3n) is 3.53. The van der Waals surface area contributed by atoms with Crippen molar-refractivity contribution in [3.8, 4) is 0 Å². The summed E-state index contributed by atoms with van der Waals surface area (Å²) in [7, 11) is -1.37. The van der Waals surface area contributed by atoms with E-state index in [1.54, 1.807) is 7.05 Å². The van der Waals surface area contributed by atoms with Crippen molar-refractivity contribution in [2.24, 2.45) is 0 Å². The molecule has 2 unspecified atom stereocenters. The van der Waals surface area contributed by atoms with E-state index in [0.29, 0.717) is 17.0 Å². The monoisotopic (exact) mass is 346 g/mol. The number of rotatable bonds is 5. The van der Waals surface area contributed by atoms with Crippen LogP contribution in [0.4, 0.5) is 10.2 Å². The van der Waals surface area contributed by atoms with Gasteiger partial charge in [-0.3, -0.25) is 4.57 Å². The molecule has 0 amide bonds. The van der Waals surface area contributed by atoms with Crippen LogP contribution in [0.5, 0.6) is 0 Å². The van der Waals surface area contributed by atoms with Crippen LogP contribution >= 0.6 is 8.25 Å². The van der Waals surface area contributed by atoms with Crippen molar-refractivity contribution in [3.63, 3.8) is 0 Å². The molecule has 1 saturated heterocycles. The van der Waals surface area contributed by atoms with Crippen LogP contribution in [0.15, 0.2) is 12.7 Å². The molecule has 0 aliphatic carbocycles. The maximum absolute atomic E-state index is 14.6. The molecular weight excluding hydrogens is 332 g/mol. The summed E-state index contributed by atoms with van der Waals surface area (Å²) >= 11 is 0. The van der Waals surface area contributed by atoms with E-state index in [-0.39, 0.29) is 0 Å². The molecule has 10 nitrogen and oxygen atoms in total. The zero-order chi connectivity index (χ0) is 16.6. The molecule has 23 heavy (non-hydrogen) atoms. The number of nitrogens with zero attached hydrogens (tertiary/aromatic N) is 4. The van der Waals surface area contributed by atoms with Crippen LogP contribution in [0.3, 0.4) is 0 Å². The molecule has 124 valence electrons. The van der Waals surface area contributed by atoms with Gasteiger partial charge in [0.2, 0.25) is 0 Å². The lowest BCUT2D eigenvalue weighted by Gasteiger charge is -2.14. The highest BCUT2D eigenvalue weighted by Gasteiger charge is 2.51. The maximum atomic E-state index is 14.6. The van der Waals surface area contributed by atoms with Gasteiger partial charge in [0.25, 0.3) is 0 Å². The number of nitrogens with one attached hydrogen (secondary N) is 1. The number of hydrogen-bond donors (Lipinski definition) is 3. The zero-order valence-corrected chi connectivity index (χ0v) is 12.8. The minimum absolute atomic E-state index is 0.322. The fourth-order valence-electron chi connectivity index (χ4n) is 2.52. The second kappa shape index (κ2) is 6.38. The fraction of sp³-hybridized carbons (Fsp3) is 0.545. The number of aliphatic hydroxyl groups is 1. The number of ether oxygens (including phenoxy) is 1. The number of anilines is 1. The number of alkyl halides is 1. The van der Waals surface area contributed by atoms with Crippen molar-refractivity contribution in [2.75, 3.05) is 19.0 Å². The normalized spacial score (nSPS) is 28.3. The highest BCUT2D eigenvalue weighted by molar-refractivity contribution is 7.32. The van der Waals surface area contributed by atoms with Crippen LogP contribution in [0.1, 0.15) is 6.23 Å². The van der Waals surface area contributed by atoms with Gasteiger partial charge in [0.1, 0.15) is 17.9 Å².